The summed E-state index contributed by atoms with van der Waals surface area (Å²) in [7, 11) is 0.00645. The van der Waals surface area contributed by atoms with Crippen molar-refractivity contribution >= 4 is 44.8 Å². The lowest BCUT2D eigenvalue weighted by Crippen LogP contribution is -2.28. The summed E-state index contributed by atoms with van der Waals surface area (Å²) in [4.78, 5) is 25.8. The summed E-state index contributed by atoms with van der Waals surface area (Å²) in [5, 5.41) is 9.79. The summed E-state index contributed by atoms with van der Waals surface area (Å²) in [6, 6.07) is 9.09. The first-order valence-corrected chi connectivity index (χ1v) is 15.0. The number of rotatable bonds is 9. The lowest BCUT2D eigenvalue weighted by molar-refractivity contribution is 0.0954. The lowest BCUT2D eigenvalue weighted by Gasteiger charge is -2.16. The Morgan fingerprint density at radius 1 is 1.18 bits per heavy atom. The van der Waals surface area contributed by atoms with Crippen LogP contribution in [0.1, 0.15) is 63.1 Å². The number of benzene rings is 2. The van der Waals surface area contributed by atoms with Gasteiger partial charge in [-0.2, -0.15) is 5.10 Å². The fourth-order valence-electron chi connectivity index (χ4n) is 5.00. The Hall–Kier alpha value is -3.64. The molecule has 1 aliphatic carbocycles. The number of nitrogens with zero attached hydrogens (tertiary/aromatic N) is 2. The fraction of sp³-hybridized carbons (Fsp3) is 0.370. The van der Waals surface area contributed by atoms with Crippen LogP contribution >= 0.6 is 11.6 Å². The summed E-state index contributed by atoms with van der Waals surface area (Å²) in [5.41, 5.74) is 8.70. The second-order valence-corrected chi connectivity index (χ2v) is 12.6. The maximum Gasteiger partial charge on any atom is 0.261 e. The molecule has 40 heavy (non-hydrogen) atoms. The van der Waals surface area contributed by atoms with Gasteiger partial charge in [-0.1, -0.05) is 17.7 Å². The largest absolute Gasteiger partial charge is 0.496 e. The summed E-state index contributed by atoms with van der Waals surface area (Å²) in [6.45, 7) is 0.0172. The minimum Gasteiger partial charge on any atom is -0.496 e. The molecular weight excluding hydrogens is 561 g/mol. The van der Waals surface area contributed by atoms with Crippen LogP contribution in [0.5, 0.6) is 5.75 Å². The topological polar surface area (TPSA) is 145 Å². The number of nitrogen functional groups attached to an aromatic ring is 1. The highest BCUT2D eigenvalue weighted by atomic mass is 35.5. The number of ether oxygens (including phenoxy) is 1. The highest BCUT2D eigenvalue weighted by Gasteiger charge is 2.35. The second kappa shape index (κ2) is 11.8. The van der Waals surface area contributed by atoms with Crippen LogP contribution in [0.15, 0.2) is 36.4 Å². The molecule has 3 aromatic rings. The molecule has 1 aromatic heterocycles. The van der Waals surface area contributed by atoms with Gasteiger partial charge < -0.3 is 21.1 Å². The third-order valence-electron chi connectivity index (χ3n) is 7.04. The van der Waals surface area contributed by atoms with Crippen molar-refractivity contribution < 1.29 is 27.1 Å². The molecule has 13 heteroatoms. The summed E-state index contributed by atoms with van der Waals surface area (Å²) < 4.78 is 43.3. The first-order valence-electron chi connectivity index (χ1n) is 12.6. The van der Waals surface area contributed by atoms with E-state index in [1.165, 1.54) is 30.0 Å². The Kier molecular flexibility index (Phi) is 8.69. The molecule has 0 unspecified atom stereocenters. The number of amides is 2. The van der Waals surface area contributed by atoms with Crippen molar-refractivity contribution in [1.82, 2.24) is 15.1 Å². The molecule has 2 aromatic carbocycles. The zero-order valence-electron chi connectivity index (χ0n) is 22.3. The quantitative estimate of drug-likeness (QED) is 0.342. The number of aryl methyl sites for hydroxylation is 1. The maximum atomic E-state index is 13.5. The Morgan fingerprint density at radius 3 is 2.58 bits per heavy atom. The monoisotopic (exact) mass is 591 g/mol. The number of anilines is 2. The van der Waals surface area contributed by atoms with Gasteiger partial charge >= 0.3 is 0 Å². The molecule has 0 aliphatic heterocycles. The first kappa shape index (κ1) is 29.3. The van der Waals surface area contributed by atoms with Gasteiger partial charge in [-0.25, -0.2) is 12.8 Å². The predicted octanol–water partition coefficient (Wildman–Crippen LogP) is 3.88. The number of methoxy groups -OCH3 is 1. The van der Waals surface area contributed by atoms with Crippen LogP contribution in [0.2, 0.25) is 5.02 Å². The summed E-state index contributed by atoms with van der Waals surface area (Å²) in [5.74, 6) is -0.801. The predicted molar refractivity (Wildman–Crippen MR) is 151 cm³/mol. The van der Waals surface area contributed by atoms with Gasteiger partial charge in [0.2, 0.25) is 0 Å². The van der Waals surface area contributed by atoms with Crippen LogP contribution in [-0.2, 0) is 16.9 Å². The van der Waals surface area contributed by atoms with Crippen molar-refractivity contribution in [3.63, 3.8) is 0 Å². The van der Waals surface area contributed by atoms with Gasteiger partial charge in [-0.05, 0) is 61.1 Å². The Morgan fingerprint density at radius 2 is 1.90 bits per heavy atom. The van der Waals surface area contributed by atoms with Gasteiger partial charge in [0.1, 0.15) is 32.8 Å². The molecule has 1 saturated carbocycles. The molecule has 4 rings (SSSR count). The number of carbonyl (C=O) groups excluding carboxylic acids is 2. The highest BCUT2D eigenvalue weighted by Crippen LogP contribution is 2.47. The number of halogens is 2. The van der Waals surface area contributed by atoms with E-state index in [0.29, 0.717) is 29.1 Å². The van der Waals surface area contributed by atoms with Crippen LogP contribution in [0, 0.1) is 5.82 Å². The number of carbonyl (C=O) groups is 2. The van der Waals surface area contributed by atoms with Crippen LogP contribution < -0.4 is 21.1 Å². The van der Waals surface area contributed by atoms with E-state index in [9.17, 15) is 22.4 Å². The first-order chi connectivity index (χ1) is 18.9. The van der Waals surface area contributed by atoms with Gasteiger partial charge in [0.25, 0.3) is 11.8 Å². The van der Waals surface area contributed by atoms with Crippen LogP contribution in [-0.4, -0.2) is 55.7 Å². The van der Waals surface area contributed by atoms with Crippen LogP contribution in [0.4, 0.5) is 15.9 Å². The van der Waals surface area contributed by atoms with Crippen molar-refractivity contribution in [3.8, 4) is 5.75 Å². The van der Waals surface area contributed by atoms with E-state index in [4.69, 9.17) is 22.1 Å². The Labute approximate surface area is 236 Å². The SMILES string of the molecule is COc1cc(C(=O)NCCS(C)(=O)=O)ccc1[C@H]1CC[C@@H](c2nn(C)c(N)c2C(=O)Nc2ccc(F)c(Cl)c2)C1. The molecule has 2 atom stereocenters. The third-order valence-corrected chi connectivity index (χ3v) is 8.27. The normalized spacial score (nSPS) is 17.0. The average Bonchev–Trinajstić information content (AvgIpc) is 3.49. The molecule has 214 valence electrons. The van der Waals surface area contributed by atoms with E-state index in [1.807, 2.05) is 6.07 Å². The molecule has 1 fully saturated rings. The molecule has 0 radical (unpaired) electrons. The second-order valence-electron chi connectivity index (χ2n) is 9.90. The maximum absolute atomic E-state index is 13.5. The smallest absolute Gasteiger partial charge is 0.261 e. The van der Waals surface area contributed by atoms with Crippen molar-refractivity contribution in [3.05, 3.63) is 69.6 Å². The fourth-order valence-corrected chi connectivity index (χ4v) is 5.65. The summed E-state index contributed by atoms with van der Waals surface area (Å²) >= 11 is 5.86. The highest BCUT2D eigenvalue weighted by molar-refractivity contribution is 7.90. The van der Waals surface area contributed by atoms with Gasteiger partial charge in [0.15, 0.2) is 0 Å². The molecule has 4 N–H and O–H groups in total. The molecule has 0 spiro atoms. The summed E-state index contributed by atoms with van der Waals surface area (Å²) in [6.07, 6.45) is 3.34. The standard InChI is InChI=1S/C27H31ClFN5O5S/c1-34-25(30)23(27(36)32-18-7-9-21(29)20(28)14-18)24(33-34)16-5-4-15(12-16)19-8-6-17(13-22(19)39-2)26(35)31-10-11-40(3,37)38/h6-9,13-16H,4-5,10-12,30H2,1-3H3,(H,31,35)(H,32,36)/t15-,16+/m0/s1. The molecule has 1 heterocycles. The van der Waals surface area contributed by atoms with Gasteiger partial charge in [-0.3, -0.25) is 14.3 Å². The number of hydrogen-bond donors (Lipinski definition) is 3. The van der Waals surface area contributed by atoms with E-state index in [2.05, 4.69) is 15.7 Å². The third kappa shape index (κ3) is 6.56. The number of nitrogens with one attached hydrogen (secondary N) is 2. The zero-order chi connectivity index (χ0) is 29.2. The van der Waals surface area contributed by atoms with E-state index in [-0.39, 0.29) is 46.4 Å². The minimum absolute atomic E-state index is 0.0172. The number of sulfone groups is 1. The van der Waals surface area contributed by atoms with Crippen molar-refractivity contribution in [2.45, 2.75) is 31.1 Å². The van der Waals surface area contributed by atoms with E-state index in [1.54, 1.807) is 19.2 Å². The number of nitrogens with two attached hydrogens (primary N) is 1. The van der Waals surface area contributed by atoms with Gasteiger partial charge in [0.05, 0.1) is 23.6 Å². The average molecular weight is 592 g/mol. The molecular formula is C27H31ClFN5O5S. The van der Waals surface area contributed by atoms with E-state index in [0.717, 1.165) is 24.7 Å². The minimum atomic E-state index is -3.19. The Balaban J connectivity index is 1.51. The van der Waals surface area contributed by atoms with Crippen LogP contribution in [0.3, 0.4) is 0 Å². The molecule has 0 bridgehead atoms. The van der Waals surface area contributed by atoms with E-state index >= 15 is 0 Å². The zero-order valence-corrected chi connectivity index (χ0v) is 23.9. The van der Waals surface area contributed by atoms with Gasteiger partial charge in [0, 0.05) is 37.0 Å². The number of aromatic nitrogens is 2. The molecule has 1 aliphatic rings. The molecule has 2 amide bonds. The van der Waals surface area contributed by atoms with Gasteiger partial charge in [-0.15, -0.1) is 0 Å². The molecule has 10 nitrogen and oxygen atoms in total. The lowest BCUT2D eigenvalue weighted by atomic mass is 9.92. The van der Waals surface area contributed by atoms with Crippen molar-refractivity contribution in [1.29, 1.82) is 0 Å². The van der Waals surface area contributed by atoms with E-state index < -0.39 is 21.6 Å². The van der Waals surface area contributed by atoms with Crippen molar-refractivity contribution in [2.75, 3.05) is 36.7 Å². The molecule has 0 saturated heterocycles. The van der Waals surface area contributed by atoms with Crippen LogP contribution in [0.25, 0.3) is 0 Å². The Bertz CT molecular complexity index is 1560. The van der Waals surface area contributed by atoms with Crippen molar-refractivity contribution in [2.24, 2.45) is 7.05 Å². The number of hydrogen-bond acceptors (Lipinski definition) is 7.